The smallest absolute Gasteiger partial charge is 0.321 e. The van der Waals surface area contributed by atoms with Crippen molar-refractivity contribution in [2.24, 2.45) is 0 Å². The van der Waals surface area contributed by atoms with Gasteiger partial charge in [-0.05, 0) is 30.3 Å². The first kappa shape index (κ1) is 19.6. The monoisotopic (exact) mass is 457 g/mol. The van der Waals surface area contributed by atoms with Gasteiger partial charge in [0.15, 0.2) is 0 Å². The van der Waals surface area contributed by atoms with E-state index in [2.05, 4.69) is 5.32 Å². The van der Waals surface area contributed by atoms with Crippen LogP contribution in [0.5, 0.6) is 0 Å². The van der Waals surface area contributed by atoms with Crippen LogP contribution in [0.15, 0.2) is 30.3 Å². The molecule has 0 saturated heterocycles. The van der Waals surface area contributed by atoms with Crippen molar-refractivity contribution in [2.75, 3.05) is 5.32 Å². The molecule has 0 fully saturated rings. The highest BCUT2D eigenvalue weighted by atomic mass is 35.5. The fourth-order valence-electron chi connectivity index (χ4n) is 2.27. The largest absolute Gasteiger partial charge is 0.417 e. The molecule has 0 unspecified atom stereocenters. The Morgan fingerprint density at radius 3 is 2.35 bits per heavy atom. The summed E-state index contributed by atoms with van der Waals surface area (Å²) in [6.45, 7) is 0. The summed E-state index contributed by atoms with van der Waals surface area (Å²) in [6.07, 6.45) is -4.64. The molecule has 10 heteroatoms. The number of fused-ring (bicyclic) bond motifs is 1. The topological polar surface area (TPSA) is 29.1 Å². The van der Waals surface area contributed by atoms with Crippen LogP contribution in [-0.2, 0) is 6.18 Å². The van der Waals surface area contributed by atoms with E-state index in [-0.39, 0.29) is 20.6 Å². The second-order valence-electron chi connectivity index (χ2n) is 5.15. The SMILES string of the molecule is O=C(Nc1ccc(Cl)c(C(F)(F)F)c1)c1sc2cc(Cl)cc(Cl)c2c1Cl. The number of hydrogen-bond donors (Lipinski definition) is 1. The van der Waals surface area contributed by atoms with Crippen LogP contribution in [0.2, 0.25) is 20.1 Å². The molecule has 1 aromatic heterocycles. The zero-order valence-electron chi connectivity index (χ0n) is 12.3. The first-order chi connectivity index (χ1) is 12.1. The number of rotatable bonds is 2. The average molecular weight is 459 g/mol. The third kappa shape index (κ3) is 3.75. The van der Waals surface area contributed by atoms with E-state index >= 15 is 0 Å². The fourth-order valence-corrected chi connectivity index (χ4v) is 4.76. The minimum atomic E-state index is -4.64. The van der Waals surface area contributed by atoms with Gasteiger partial charge in [0.2, 0.25) is 0 Å². The highest BCUT2D eigenvalue weighted by Gasteiger charge is 2.33. The maximum Gasteiger partial charge on any atom is 0.417 e. The zero-order chi connectivity index (χ0) is 19.2. The fraction of sp³-hybridized carbons (Fsp3) is 0.0625. The van der Waals surface area contributed by atoms with E-state index in [0.717, 1.165) is 23.5 Å². The lowest BCUT2D eigenvalue weighted by atomic mass is 10.2. The Bertz CT molecular complexity index is 1030. The van der Waals surface area contributed by atoms with Crippen LogP contribution in [0.4, 0.5) is 18.9 Å². The molecule has 2 nitrogen and oxygen atoms in total. The molecule has 3 aromatic rings. The summed E-state index contributed by atoms with van der Waals surface area (Å²) >= 11 is 24.9. The molecule has 136 valence electrons. The maximum atomic E-state index is 12.9. The zero-order valence-corrected chi connectivity index (χ0v) is 16.2. The van der Waals surface area contributed by atoms with E-state index < -0.39 is 22.7 Å². The van der Waals surface area contributed by atoms with Gasteiger partial charge in [-0.15, -0.1) is 11.3 Å². The summed E-state index contributed by atoms with van der Waals surface area (Å²) in [4.78, 5) is 12.6. The van der Waals surface area contributed by atoms with Crippen LogP contribution in [0.25, 0.3) is 10.1 Å². The predicted molar refractivity (Wildman–Crippen MR) is 101 cm³/mol. The number of amides is 1. The molecule has 26 heavy (non-hydrogen) atoms. The van der Waals surface area contributed by atoms with Crippen molar-refractivity contribution in [3.8, 4) is 0 Å². The normalized spacial score (nSPS) is 11.8. The Kier molecular flexibility index (Phi) is 5.34. The van der Waals surface area contributed by atoms with Crippen LogP contribution in [0.3, 0.4) is 0 Å². The van der Waals surface area contributed by atoms with Gasteiger partial charge in [0.25, 0.3) is 5.91 Å². The summed E-state index contributed by atoms with van der Waals surface area (Å²) in [6, 6.07) is 6.16. The Morgan fingerprint density at radius 2 is 1.69 bits per heavy atom. The lowest BCUT2D eigenvalue weighted by Crippen LogP contribution is -2.12. The van der Waals surface area contributed by atoms with E-state index in [1.807, 2.05) is 0 Å². The highest BCUT2D eigenvalue weighted by molar-refractivity contribution is 7.21. The Labute approximate surface area is 169 Å². The first-order valence-electron chi connectivity index (χ1n) is 6.83. The lowest BCUT2D eigenvalue weighted by Gasteiger charge is -2.11. The number of carbonyl (C=O) groups excluding carboxylic acids is 1. The van der Waals surface area contributed by atoms with Gasteiger partial charge in [-0.25, -0.2) is 0 Å². The van der Waals surface area contributed by atoms with Crippen molar-refractivity contribution in [2.45, 2.75) is 6.18 Å². The molecule has 2 aromatic carbocycles. The van der Waals surface area contributed by atoms with Gasteiger partial charge < -0.3 is 5.32 Å². The molecule has 3 rings (SSSR count). The number of carbonyl (C=O) groups is 1. The van der Waals surface area contributed by atoms with Crippen LogP contribution >= 0.6 is 57.7 Å². The van der Waals surface area contributed by atoms with Crippen molar-refractivity contribution in [3.05, 3.63) is 60.9 Å². The molecule has 0 spiro atoms. The van der Waals surface area contributed by atoms with Crippen molar-refractivity contribution < 1.29 is 18.0 Å². The second-order valence-corrected chi connectivity index (χ2v) is 7.83. The molecule has 1 amide bonds. The van der Waals surface area contributed by atoms with Gasteiger partial charge in [0.1, 0.15) is 4.88 Å². The summed E-state index contributed by atoms with van der Waals surface area (Å²) in [5.74, 6) is -0.668. The number of alkyl halides is 3. The average Bonchev–Trinajstić information content (AvgIpc) is 2.85. The van der Waals surface area contributed by atoms with Crippen molar-refractivity contribution in [1.29, 1.82) is 0 Å². The molecule has 0 atom stereocenters. The van der Waals surface area contributed by atoms with E-state index in [1.165, 1.54) is 12.1 Å². The van der Waals surface area contributed by atoms with Crippen LogP contribution in [0, 0.1) is 0 Å². The quantitative estimate of drug-likeness (QED) is 0.417. The van der Waals surface area contributed by atoms with E-state index in [1.54, 1.807) is 6.07 Å². The van der Waals surface area contributed by atoms with E-state index in [9.17, 15) is 18.0 Å². The number of halogens is 7. The van der Waals surface area contributed by atoms with Gasteiger partial charge in [-0.1, -0.05) is 46.4 Å². The molecule has 0 saturated carbocycles. The number of hydrogen-bond acceptors (Lipinski definition) is 2. The van der Waals surface area contributed by atoms with Crippen molar-refractivity contribution in [3.63, 3.8) is 0 Å². The number of nitrogens with one attached hydrogen (secondary N) is 1. The number of anilines is 1. The molecule has 0 bridgehead atoms. The van der Waals surface area contributed by atoms with Gasteiger partial charge >= 0.3 is 6.18 Å². The summed E-state index contributed by atoms with van der Waals surface area (Å²) in [5, 5.41) is 3.14. The number of benzene rings is 2. The van der Waals surface area contributed by atoms with Crippen LogP contribution in [0.1, 0.15) is 15.2 Å². The van der Waals surface area contributed by atoms with E-state index in [4.69, 9.17) is 46.4 Å². The molecule has 1 heterocycles. The Balaban J connectivity index is 1.98. The minimum absolute atomic E-state index is 0.0654. The summed E-state index contributed by atoms with van der Waals surface area (Å²) in [7, 11) is 0. The Hall–Kier alpha value is -1.18. The first-order valence-corrected chi connectivity index (χ1v) is 9.16. The third-order valence-electron chi connectivity index (χ3n) is 3.39. The molecule has 0 aliphatic rings. The molecular weight excluding hydrogens is 453 g/mol. The number of thiophene rings is 1. The van der Waals surface area contributed by atoms with Gasteiger partial charge in [-0.2, -0.15) is 13.2 Å². The lowest BCUT2D eigenvalue weighted by molar-refractivity contribution is -0.137. The Morgan fingerprint density at radius 1 is 1.00 bits per heavy atom. The van der Waals surface area contributed by atoms with E-state index in [0.29, 0.717) is 15.1 Å². The molecular formula is C16H6Cl4F3NOS. The van der Waals surface area contributed by atoms with Gasteiger partial charge in [-0.3, -0.25) is 4.79 Å². The van der Waals surface area contributed by atoms with Gasteiger partial charge in [0, 0.05) is 20.8 Å². The van der Waals surface area contributed by atoms with Crippen molar-refractivity contribution >= 4 is 79.4 Å². The second kappa shape index (κ2) is 7.09. The van der Waals surface area contributed by atoms with Gasteiger partial charge in [0.05, 0.1) is 20.6 Å². The highest BCUT2D eigenvalue weighted by Crippen LogP contribution is 2.42. The molecule has 0 aliphatic carbocycles. The standard InChI is InChI=1S/C16H6Cl4F3NOS/c17-6-3-10(19)12-11(4-6)26-14(13(12)20)15(25)24-7-1-2-9(18)8(5-7)16(21,22)23/h1-5H,(H,24,25). The summed E-state index contributed by atoms with van der Waals surface area (Å²) in [5.41, 5.74) is -1.11. The van der Waals surface area contributed by atoms with Crippen LogP contribution < -0.4 is 5.32 Å². The summed E-state index contributed by atoms with van der Waals surface area (Å²) < 4.78 is 39.4. The minimum Gasteiger partial charge on any atom is -0.321 e. The molecule has 0 radical (unpaired) electrons. The predicted octanol–water partition coefficient (Wildman–Crippen LogP) is 7.79. The molecule has 1 N–H and O–H groups in total. The maximum absolute atomic E-state index is 12.9. The van der Waals surface area contributed by atoms with Crippen LogP contribution in [-0.4, -0.2) is 5.91 Å². The third-order valence-corrected chi connectivity index (χ3v) is 5.86. The van der Waals surface area contributed by atoms with Crippen molar-refractivity contribution in [1.82, 2.24) is 0 Å². The molecule has 0 aliphatic heterocycles.